The summed E-state index contributed by atoms with van der Waals surface area (Å²) in [7, 11) is 1.49. The minimum absolute atomic E-state index is 0.283. The van der Waals surface area contributed by atoms with Gasteiger partial charge in [-0.05, 0) is 39.0 Å². The van der Waals surface area contributed by atoms with Gasteiger partial charge in [-0.1, -0.05) is 6.07 Å². The number of methoxy groups -OCH3 is 1. The SMILES string of the molecule is COc1cccc(NC(=O)c2ccc(NC(=O)OC(C)(C)C)nc2)n1. The fourth-order valence-electron chi connectivity index (χ4n) is 1.80. The zero-order valence-corrected chi connectivity index (χ0v) is 14.5. The van der Waals surface area contributed by atoms with Gasteiger partial charge >= 0.3 is 6.09 Å². The van der Waals surface area contributed by atoms with Crippen LogP contribution in [0.15, 0.2) is 36.5 Å². The summed E-state index contributed by atoms with van der Waals surface area (Å²) in [6.07, 6.45) is 0.736. The normalized spacial score (nSPS) is 10.7. The molecule has 0 saturated heterocycles. The van der Waals surface area contributed by atoms with Gasteiger partial charge in [-0.2, -0.15) is 4.98 Å². The number of nitrogens with one attached hydrogen (secondary N) is 2. The zero-order valence-electron chi connectivity index (χ0n) is 14.5. The summed E-state index contributed by atoms with van der Waals surface area (Å²) in [4.78, 5) is 32.0. The van der Waals surface area contributed by atoms with Crippen molar-refractivity contribution in [2.75, 3.05) is 17.7 Å². The molecule has 2 heterocycles. The second kappa shape index (κ2) is 7.61. The highest BCUT2D eigenvalue weighted by molar-refractivity contribution is 6.03. The van der Waals surface area contributed by atoms with Crippen LogP contribution in [0.4, 0.5) is 16.4 Å². The van der Waals surface area contributed by atoms with Crippen LogP contribution in [0.25, 0.3) is 0 Å². The summed E-state index contributed by atoms with van der Waals surface area (Å²) in [5.41, 5.74) is -0.285. The zero-order chi connectivity index (χ0) is 18.4. The molecule has 0 atom stereocenters. The van der Waals surface area contributed by atoms with Gasteiger partial charge in [0.2, 0.25) is 5.88 Å². The molecular formula is C17H20N4O4. The minimum Gasteiger partial charge on any atom is -0.481 e. The van der Waals surface area contributed by atoms with E-state index in [0.717, 1.165) is 0 Å². The number of nitrogens with zero attached hydrogens (tertiary/aromatic N) is 2. The number of aromatic nitrogens is 2. The maximum Gasteiger partial charge on any atom is 0.413 e. The molecule has 0 unspecified atom stereocenters. The molecule has 132 valence electrons. The fraction of sp³-hybridized carbons (Fsp3) is 0.294. The Labute approximate surface area is 145 Å². The number of hydrogen-bond donors (Lipinski definition) is 2. The molecule has 0 aliphatic rings. The van der Waals surface area contributed by atoms with Crippen molar-refractivity contribution >= 4 is 23.6 Å². The number of amides is 2. The van der Waals surface area contributed by atoms with Gasteiger partial charge < -0.3 is 14.8 Å². The first-order valence-corrected chi connectivity index (χ1v) is 7.55. The van der Waals surface area contributed by atoms with Gasteiger partial charge in [0, 0.05) is 12.3 Å². The Morgan fingerprint density at radius 3 is 2.40 bits per heavy atom. The minimum atomic E-state index is -0.613. The van der Waals surface area contributed by atoms with Crippen molar-refractivity contribution in [3.63, 3.8) is 0 Å². The summed E-state index contributed by atoms with van der Waals surface area (Å²) in [6, 6.07) is 8.08. The Balaban J connectivity index is 1.99. The monoisotopic (exact) mass is 344 g/mol. The Morgan fingerprint density at radius 2 is 1.80 bits per heavy atom. The van der Waals surface area contributed by atoms with E-state index in [0.29, 0.717) is 17.3 Å². The number of pyridine rings is 2. The van der Waals surface area contributed by atoms with E-state index >= 15 is 0 Å². The van der Waals surface area contributed by atoms with Crippen molar-refractivity contribution in [3.05, 3.63) is 42.1 Å². The molecule has 2 aromatic heterocycles. The summed E-state index contributed by atoms with van der Waals surface area (Å²) in [5, 5.41) is 5.14. The van der Waals surface area contributed by atoms with Gasteiger partial charge in [0.15, 0.2) is 0 Å². The molecule has 8 heteroatoms. The van der Waals surface area contributed by atoms with E-state index in [-0.39, 0.29) is 11.7 Å². The van der Waals surface area contributed by atoms with Crippen LogP contribution in [0, 0.1) is 0 Å². The highest BCUT2D eigenvalue weighted by Gasteiger charge is 2.16. The summed E-state index contributed by atoms with van der Waals surface area (Å²) in [5.74, 6) is 0.663. The quantitative estimate of drug-likeness (QED) is 0.883. The van der Waals surface area contributed by atoms with Crippen LogP contribution in [0.2, 0.25) is 0 Å². The average molecular weight is 344 g/mol. The Morgan fingerprint density at radius 1 is 1.04 bits per heavy atom. The van der Waals surface area contributed by atoms with Gasteiger partial charge in [0.25, 0.3) is 5.91 Å². The summed E-state index contributed by atoms with van der Waals surface area (Å²) >= 11 is 0. The first-order chi connectivity index (χ1) is 11.8. The van der Waals surface area contributed by atoms with Crippen LogP contribution >= 0.6 is 0 Å². The third-order valence-corrected chi connectivity index (χ3v) is 2.83. The number of hydrogen-bond acceptors (Lipinski definition) is 6. The number of carbonyl (C=O) groups is 2. The molecule has 0 aromatic carbocycles. The predicted octanol–water partition coefficient (Wildman–Crippen LogP) is 3.08. The topological polar surface area (TPSA) is 102 Å². The van der Waals surface area contributed by atoms with E-state index in [2.05, 4.69) is 20.6 Å². The van der Waals surface area contributed by atoms with Gasteiger partial charge in [0.05, 0.1) is 12.7 Å². The van der Waals surface area contributed by atoms with Crippen molar-refractivity contribution in [2.24, 2.45) is 0 Å². The van der Waals surface area contributed by atoms with Crippen molar-refractivity contribution in [3.8, 4) is 5.88 Å². The van der Waals surface area contributed by atoms with Gasteiger partial charge in [-0.25, -0.2) is 9.78 Å². The van der Waals surface area contributed by atoms with Crippen molar-refractivity contribution in [1.29, 1.82) is 0 Å². The van der Waals surface area contributed by atoms with Gasteiger partial charge in [-0.3, -0.25) is 10.1 Å². The second-order valence-electron chi connectivity index (χ2n) is 6.08. The van der Waals surface area contributed by atoms with Crippen LogP contribution in [0.5, 0.6) is 5.88 Å². The van der Waals surface area contributed by atoms with Crippen LogP contribution in [0.3, 0.4) is 0 Å². The Kier molecular flexibility index (Phi) is 5.53. The van der Waals surface area contributed by atoms with Gasteiger partial charge in [-0.15, -0.1) is 0 Å². The third-order valence-electron chi connectivity index (χ3n) is 2.83. The van der Waals surface area contributed by atoms with Crippen LogP contribution in [-0.2, 0) is 4.74 Å². The Hall–Kier alpha value is -3.16. The lowest BCUT2D eigenvalue weighted by atomic mass is 10.2. The molecule has 2 aromatic rings. The largest absolute Gasteiger partial charge is 0.481 e. The maximum atomic E-state index is 12.2. The molecule has 2 N–H and O–H groups in total. The van der Waals surface area contributed by atoms with Crippen LogP contribution < -0.4 is 15.4 Å². The first kappa shape index (κ1) is 18.2. The molecule has 2 amide bonds. The molecule has 8 nitrogen and oxygen atoms in total. The number of ether oxygens (including phenoxy) is 2. The molecular weight excluding hydrogens is 324 g/mol. The molecule has 25 heavy (non-hydrogen) atoms. The standard InChI is InChI=1S/C17H20N4O4/c1-17(2,3)25-16(23)21-12-9-8-11(10-18-12)15(22)20-13-6-5-7-14(19-13)24-4/h5-10H,1-4H3,(H,18,21,23)(H,19,20,22). The van der Waals surface area contributed by atoms with E-state index in [1.807, 2.05) is 0 Å². The van der Waals surface area contributed by atoms with E-state index < -0.39 is 11.7 Å². The smallest absolute Gasteiger partial charge is 0.413 e. The highest BCUT2D eigenvalue weighted by Crippen LogP contribution is 2.13. The van der Waals surface area contributed by atoms with E-state index in [1.54, 1.807) is 39.0 Å². The molecule has 2 rings (SSSR count). The summed E-state index contributed by atoms with van der Waals surface area (Å²) < 4.78 is 10.1. The Bertz CT molecular complexity index is 754. The van der Waals surface area contributed by atoms with Crippen LogP contribution in [0.1, 0.15) is 31.1 Å². The lowest BCUT2D eigenvalue weighted by Gasteiger charge is -2.19. The molecule has 0 bridgehead atoms. The molecule has 0 fully saturated rings. The summed E-state index contributed by atoms with van der Waals surface area (Å²) in [6.45, 7) is 5.29. The molecule has 0 aliphatic carbocycles. The van der Waals surface area contributed by atoms with E-state index in [4.69, 9.17) is 9.47 Å². The van der Waals surface area contributed by atoms with E-state index in [1.165, 1.54) is 25.4 Å². The average Bonchev–Trinajstić information content (AvgIpc) is 2.53. The molecule has 0 radical (unpaired) electrons. The molecule has 0 aliphatic heterocycles. The number of carbonyl (C=O) groups excluding carboxylic acids is 2. The lowest BCUT2D eigenvalue weighted by molar-refractivity contribution is 0.0635. The predicted molar refractivity (Wildman–Crippen MR) is 92.8 cm³/mol. The van der Waals surface area contributed by atoms with Crippen molar-refractivity contribution in [1.82, 2.24) is 9.97 Å². The third kappa shape index (κ3) is 5.76. The number of anilines is 2. The second-order valence-corrected chi connectivity index (χ2v) is 6.08. The fourth-order valence-corrected chi connectivity index (χ4v) is 1.80. The first-order valence-electron chi connectivity index (χ1n) is 7.55. The maximum absolute atomic E-state index is 12.2. The highest BCUT2D eigenvalue weighted by atomic mass is 16.6. The lowest BCUT2D eigenvalue weighted by Crippen LogP contribution is -2.27. The van der Waals surface area contributed by atoms with Gasteiger partial charge in [0.1, 0.15) is 17.2 Å². The van der Waals surface area contributed by atoms with E-state index in [9.17, 15) is 9.59 Å². The molecule has 0 spiro atoms. The van der Waals surface area contributed by atoms with Crippen LogP contribution in [-0.4, -0.2) is 34.7 Å². The van der Waals surface area contributed by atoms with Crippen molar-refractivity contribution < 1.29 is 19.1 Å². The van der Waals surface area contributed by atoms with Crippen molar-refractivity contribution in [2.45, 2.75) is 26.4 Å². The molecule has 0 saturated carbocycles. The number of rotatable bonds is 4.